The molecule has 0 fully saturated rings. The molecule has 9 nitrogen and oxygen atoms in total. The van der Waals surface area contributed by atoms with E-state index < -0.39 is 69.1 Å². The minimum Gasteiger partial charge on any atom is -0.485 e. The fraction of sp³-hybridized carbons (Fsp3) is 0.276. The third kappa shape index (κ3) is 5.89. The van der Waals surface area contributed by atoms with Crippen LogP contribution in [0.2, 0.25) is 5.02 Å². The lowest BCUT2D eigenvalue weighted by atomic mass is 10.0. The van der Waals surface area contributed by atoms with Crippen molar-refractivity contribution in [3.63, 3.8) is 0 Å². The van der Waals surface area contributed by atoms with E-state index >= 15 is 8.78 Å². The molecule has 1 amide bonds. The zero-order valence-electron chi connectivity index (χ0n) is 25.0. The number of aryl methyl sites for hydroxylation is 1. The minimum absolute atomic E-state index is 0.0149. The molecule has 0 saturated heterocycles. The molecule has 0 unspecified atom stereocenters. The smallest absolute Gasteiger partial charge is 0.278 e. The monoisotopic (exact) mass is 618 g/mol. The lowest BCUT2D eigenvalue weighted by Crippen LogP contribution is -2.40. The summed E-state index contributed by atoms with van der Waals surface area (Å²) in [5.74, 6) is -5.66. The van der Waals surface area contributed by atoms with Gasteiger partial charge in [0.2, 0.25) is 5.91 Å². The number of carbonyl (C=O) groups is 1. The van der Waals surface area contributed by atoms with Gasteiger partial charge in [-0.2, -0.15) is 5.10 Å². The average molecular weight is 619 g/mol. The fourth-order valence-corrected chi connectivity index (χ4v) is 4.87. The highest BCUT2D eigenvalue weighted by atomic mass is 35.5. The predicted molar refractivity (Wildman–Crippen MR) is 149 cm³/mol. The molecule has 224 valence electrons. The predicted octanol–water partition coefficient (Wildman–Crippen LogP) is 5.32. The molecule has 0 aliphatic carbocycles. The van der Waals surface area contributed by atoms with Gasteiger partial charge in [0.05, 0.1) is 32.1 Å². The van der Waals surface area contributed by atoms with Crippen LogP contribution in [0.15, 0.2) is 41.6 Å². The Labute approximate surface area is 250 Å². The summed E-state index contributed by atoms with van der Waals surface area (Å²) in [4.78, 5) is 33.0. The second kappa shape index (κ2) is 11.6. The molecule has 5 rings (SSSR count). The number of rotatable bonds is 6. The Morgan fingerprint density at radius 1 is 1.19 bits per heavy atom. The van der Waals surface area contributed by atoms with E-state index in [0.29, 0.717) is 30.7 Å². The van der Waals surface area contributed by atoms with E-state index in [0.717, 1.165) is 21.5 Å². The van der Waals surface area contributed by atoms with Crippen molar-refractivity contribution in [3.8, 4) is 17.3 Å². The molecule has 0 saturated carbocycles. The maximum absolute atomic E-state index is 16.5. The first-order valence-corrected chi connectivity index (χ1v) is 13.3. The number of aromatic nitrogens is 5. The van der Waals surface area contributed by atoms with Crippen LogP contribution in [0.3, 0.4) is 0 Å². The van der Waals surface area contributed by atoms with Crippen LogP contribution >= 0.6 is 11.6 Å². The van der Waals surface area contributed by atoms with Gasteiger partial charge in [0, 0.05) is 25.3 Å². The van der Waals surface area contributed by atoms with Crippen molar-refractivity contribution in [1.29, 1.82) is 0 Å². The maximum Gasteiger partial charge on any atom is 0.278 e. The summed E-state index contributed by atoms with van der Waals surface area (Å²) in [6, 6.07) is 1.59. The van der Waals surface area contributed by atoms with Crippen molar-refractivity contribution in [2.24, 2.45) is 0 Å². The van der Waals surface area contributed by atoms with E-state index in [1.165, 1.54) is 33.0 Å². The molecule has 0 bridgehead atoms. The standard InChI is InChI=1S/C29H25ClF4N6O3/c1-15(41)37-29(2,3)26-20(33)13-39(38-26)27-24(34)25-16(11-36-27)7-5-4-6-8-18-10-22(23(30)28(42)40(18)25)43-14-21-19(32)9-17(31)12-35-21/h6,8-13H,4-5,7,14H2,1-3H3,(H,37,41)/b8-6+/i14D2. The molecular weight excluding hydrogens is 592 g/mol. The molecule has 5 heterocycles. The molecule has 43 heavy (non-hydrogen) atoms. The van der Waals surface area contributed by atoms with Gasteiger partial charge in [-0.1, -0.05) is 17.7 Å². The highest BCUT2D eigenvalue weighted by Gasteiger charge is 2.31. The number of fused-ring (bicyclic) bond motifs is 3. The molecule has 0 aromatic carbocycles. The number of nitrogens with one attached hydrogen (secondary N) is 1. The Kier molecular flexibility index (Phi) is 7.39. The molecule has 4 aromatic rings. The summed E-state index contributed by atoms with van der Waals surface area (Å²) in [5.41, 5.74) is -3.28. The van der Waals surface area contributed by atoms with Crippen LogP contribution in [0, 0.1) is 23.3 Å². The average Bonchev–Trinajstić information content (AvgIpc) is 3.36. The van der Waals surface area contributed by atoms with Crippen molar-refractivity contribution in [2.45, 2.75) is 52.1 Å². The number of amides is 1. The number of ether oxygens (including phenoxy) is 1. The Balaban J connectivity index is 1.66. The molecule has 1 N–H and O–H groups in total. The number of allylic oxidation sites excluding steroid dienone is 1. The van der Waals surface area contributed by atoms with Crippen LogP contribution < -0.4 is 15.6 Å². The minimum atomic E-state index is -3.00. The van der Waals surface area contributed by atoms with Gasteiger partial charge in [0.25, 0.3) is 5.56 Å². The molecule has 0 atom stereocenters. The van der Waals surface area contributed by atoms with Gasteiger partial charge < -0.3 is 10.1 Å². The zero-order valence-corrected chi connectivity index (χ0v) is 23.8. The first-order valence-electron chi connectivity index (χ1n) is 14.0. The van der Waals surface area contributed by atoms with Crippen LogP contribution in [0.5, 0.6) is 5.75 Å². The van der Waals surface area contributed by atoms with Crippen LogP contribution in [-0.2, 0) is 23.3 Å². The van der Waals surface area contributed by atoms with Crippen molar-refractivity contribution in [3.05, 3.63) is 98.1 Å². The van der Waals surface area contributed by atoms with Gasteiger partial charge in [-0.15, -0.1) is 0 Å². The highest BCUT2D eigenvalue weighted by molar-refractivity contribution is 6.31. The summed E-state index contributed by atoms with van der Waals surface area (Å²) in [6.45, 7) is 1.30. The van der Waals surface area contributed by atoms with Gasteiger partial charge in [-0.3, -0.25) is 19.1 Å². The molecule has 1 aliphatic heterocycles. The van der Waals surface area contributed by atoms with E-state index in [4.69, 9.17) is 19.1 Å². The quantitative estimate of drug-likeness (QED) is 0.293. The summed E-state index contributed by atoms with van der Waals surface area (Å²) in [5, 5.41) is 6.04. The lowest BCUT2D eigenvalue weighted by Gasteiger charge is -2.23. The van der Waals surface area contributed by atoms with E-state index in [9.17, 15) is 18.4 Å². The number of carbonyl (C=O) groups excluding carboxylic acids is 1. The first-order chi connectivity index (χ1) is 21.1. The van der Waals surface area contributed by atoms with Crippen molar-refractivity contribution in [2.75, 3.05) is 0 Å². The van der Waals surface area contributed by atoms with E-state index in [1.54, 1.807) is 6.08 Å². The van der Waals surface area contributed by atoms with Crippen LogP contribution in [0.25, 0.3) is 17.6 Å². The van der Waals surface area contributed by atoms with E-state index in [-0.39, 0.29) is 23.5 Å². The van der Waals surface area contributed by atoms with E-state index in [1.807, 2.05) is 0 Å². The Hall–Kier alpha value is -4.52. The second-order valence-corrected chi connectivity index (χ2v) is 10.6. The first kappa shape index (κ1) is 27.3. The molecule has 14 heteroatoms. The fourth-order valence-electron chi connectivity index (χ4n) is 4.69. The Morgan fingerprint density at radius 3 is 2.67 bits per heavy atom. The largest absolute Gasteiger partial charge is 0.485 e. The molecular formula is C29H25ClF4N6O3. The SMILES string of the molecule is [2H]C([2H])(Oc1cc2n(c(=O)c1Cl)-c1c(cnc(-n3cc(F)c(C(C)(C)NC(C)=O)n3)c1F)CCC/C=C/2)c1ncc(F)cc1F. The summed E-state index contributed by atoms with van der Waals surface area (Å²) >= 11 is 6.35. The third-order valence-electron chi connectivity index (χ3n) is 6.56. The Bertz CT molecular complexity index is 1930. The van der Waals surface area contributed by atoms with Gasteiger partial charge in [0.1, 0.15) is 34.5 Å². The Morgan fingerprint density at radius 2 is 1.95 bits per heavy atom. The van der Waals surface area contributed by atoms with Crippen LogP contribution in [0.1, 0.15) is 59.0 Å². The van der Waals surface area contributed by atoms with Gasteiger partial charge in [-0.25, -0.2) is 27.2 Å². The normalized spacial score (nSPS) is 14.8. The number of hydrogen-bond donors (Lipinski definition) is 1. The maximum atomic E-state index is 16.5. The topological polar surface area (TPSA) is 104 Å². The van der Waals surface area contributed by atoms with Gasteiger partial charge in [0.15, 0.2) is 23.3 Å². The van der Waals surface area contributed by atoms with Gasteiger partial charge in [-0.05, 0) is 44.7 Å². The van der Waals surface area contributed by atoms with Gasteiger partial charge >= 0.3 is 0 Å². The van der Waals surface area contributed by atoms with Crippen molar-refractivity contribution >= 4 is 23.6 Å². The molecule has 4 aromatic heterocycles. The van der Waals surface area contributed by atoms with Crippen molar-refractivity contribution in [1.82, 2.24) is 29.6 Å². The number of halogens is 5. The summed E-state index contributed by atoms with van der Waals surface area (Å²) in [6.07, 6.45) is 7.34. The summed E-state index contributed by atoms with van der Waals surface area (Å²) < 4.78 is 82.8. The number of nitrogens with zero attached hydrogens (tertiary/aromatic N) is 5. The number of hydrogen-bond acceptors (Lipinski definition) is 6. The zero-order chi connectivity index (χ0) is 32.8. The van der Waals surface area contributed by atoms with Crippen molar-refractivity contribution < 1.29 is 29.8 Å². The van der Waals surface area contributed by atoms with Crippen LogP contribution in [-0.4, -0.2) is 30.2 Å². The number of pyridine rings is 3. The molecule has 0 spiro atoms. The van der Waals surface area contributed by atoms with E-state index in [2.05, 4.69) is 20.4 Å². The highest BCUT2D eigenvalue weighted by Crippen LogP contribution is 2.31. The summed E-state index contributed by atoms with van der Waals surface area (Å²) in [7, 11) is 0. The lowest BCUT2D eigenvalue weighted by molar-refractivity contribution is -0.120. The third-order valence-corrected chi connectivity index (χ3v) is 6.91. The van der Waals surface area contributed by atoms with Crippen LogP contribution in [0.4, 0.5) is 17.6 Å². The second-order valence-electron chi connectivity index (χ2n) is 10.2. The molecule has 0 radical (unpaired) electrons. The molecule has 1 aliphatic rings.